The van der Waals surface area contributed by atoms with Gasteiger partial charge in [-0.2, -0.15) is 0 Å². The zero-order valence-electron chi connectivity index (χ0n) is 10.2. The third-order valence-corrected chi connectivity index (χ3v) is 4.10. The molecule has 1 saturated carbocycles. The van der Waals surface area contributed by atoms with Crippen LogP contribution in [0.1, 0.15) is 23.5 Å². The summed E-state index contributed by atoms with van der Waals surface area (Å²) in [5.74, 6) is -1.84. The van der Waals surface area contributed by atoms with E-state index in [1.54, 1.807) is 11.3 Å². The first kappa shape index (κ1) is 13.0. The van der Waals surface area contributed by atoms with Gasteiger partial charge in [-0.3, -0.25) is 9.59 Å². The molecule has 1 heterocycles. The van der Waals surface area contributed by atoms with Crippen LogP contribution in [-0.4, -0.2) is 28.5 Å². The van der Waals surface area contributed by atoms with E-state index in [0.717, 1.165) is 10.7 Å². The highest BCUT2D eigenvalue weighted by molar-refractivity contribution is 7.09. The van der Waals surface area contributed by atoms with Crippen LogP contribution in [0.5, 0.6) is 0 Å². The molecular formula is C12H16N2O3S. The molecule has 0 bridgehead atoms. The first-order valence-corrected chi connectivity index (χ1v) is 6.87. The number of aliphatic carboxylic acids is 1. The monoisotopic (exact) mass is 268 g/mol. The third-order valence-electron chi connectivity index (χ3n) is 3.28. The van der Waals surface area contributed by atoms with Crippen molar-refractivity contribution in [2.24, 2.45) is 11.8 Å². The van der Waals surface area contributed by atoms with Crippen molar-refractivity contribution in [3.05, 3.63) is 16.1 Å². The number of carboxylic acids is 1. The molecule has 0 spiro atoms. The lowest BCUT2D eigenvalue weighted by Crippen LogP contribution is -2.44. The lowest BCUT2D eigenvalue weighted by molar-refractivity contribution is -0.152. The van der Waals surface area contributed by atoms with E-state index in [1.807, 2.05) is 12.3 Å². The van der Waals surface area contributed by atoms with Crippen LogP contribution in [0.4, 0.5) is 0 Å². The van der Waals surface area contributed by atoms with Crippen molar-refractivity contribution in [3.63, 3.8) is 0 Å². The molecule has 6 heteroatoms. The minimum absolute atomic E-state index is 0.138. The molecule has 1 aromatic heterocycles. The highest BCUT2D eigenvalue weighted by Crippen LogP contribution is 2.34. The predicted octanol–water partition coefficient (Wildman–Crippen LogP) is 1.22. The minimum atomic E-state index is -0.864. The summed E-state index contributed by atoms with van der Waals surface area (Å²) < 4.78 is 0. The normalized spacial score (nSPS) is 22.3. The third kappa shape index (κ3) is 2.87. The molecule has 98 valence electrons. The van der Waals surface area contributed by atoms with Crippen LogP contribution in [0, 0.1) is 18.8 Å². The first-order valence-electron chi connectivity index (χ1n) is 5.99. The van der Waals surface area contributed by atoms with Crippen molar-refractivity contribution >= 4 is 23.2 Å². The molecule has 2 unspecified atom stereocenters. The molecule has 0 aliphatic heterocycles. The topological polar surface area (TPSA) is 79.3 Å². The van der Waals surface area contributed by atoms with Crippen molar-refractivity contribution < 1.29 is 14.7 Å². The molecule has 1 amide bonds. The van der Waals surface area contributed by atoms with Crippen molar-refractivity contribution in [1.29, 1.82) is 0 Å². The number of amides is 1. The Balaban J connectivity index is 1.74. The Kier molecular flexibility index (Phi) is 3.96. The van der Waals surface area contributed by atoms with Gasteiger partial charge >= 0.3 is 5.97 Å². The molecule has 1 aromatic rings. The van der Waals surface area contributed by atoms with Gasteiger partial charge in [0.1, 0.15) is 0 Å². The molecular weight excluding hydrogens is 252 g/mol. The Bertz CT molecular complexity index is 458. The highest BCUT2D eigenvalue weighted by atomic mass is 32.1. The average Bonchev–Trinajstić information content (AvgIpc) is 2.61. The Morgan fingerprint density at radius 2 is 2.22 bits per heavy atom. The summed E-state index contributed by atoms with van der Waals surface area (Å²) in [7, 11) is 0. The Morgan fingerprint density at radius 3 is 2.72 bits per heavy atom. The lowest BCUT2D eigenvalue weighted by Gasteiger charge is -2.31. The number of nitrogens with one attached hydrogen (secondary N) is 1. The maximum Gasteiger partial charge on any atom is 0.307 e. The van der Waals surface area contributed by atoms with Crippen LogP contribution in [-0.2, 0) is 16.0 Å². The quantitative estimate of drug-likeness (QED) is 0.841. The van der Waals surface area contributed by atoms with Crippen LogP contribution < -0.4 is 5.32 Å². The number of rotatable bonds is 5. The smallest absolute Gasteiger partial charge is 0.307 e. The average molecular weight is 268 g/mol. The van der Waals surface area contributed by atoms with Gasteiger partial charge in [0.2, 0.25) is 5.91 Å². The predicted molar refractivity (Wildman–Crippen MR) is 67.4 cm³/mol. The van der Waals surface area contributed by atoms with Gasteiger partial charge in [-0.25, -0.2) is 4.98 Å². The molecule has 0 aromatic carbocycles. The van der Waals surface area contributed by atoms with E-state index in [2.05, 4.69) is 10.3 Å². The number of carbonyl (C=O) groups is 2. The maximum atomic E-state index is 11.7. The molecule has 0 radical (unpaired) electrons. The van der Waals surface area contributed by atoms with Crippen LogP contribution in [0.2, 0.25) is 0 Å². The lowest BCUT2D eigenvalue weighted by atomic mass is 9.73. The van der Waals surface area contributed by atoms with Crippen molar-refractivity contribution in [2.45, 2.75) is 26.2 Å². The molecule has 1 aliphatic rings. The molecule has 2 rings (SSSR count). The zero-order chi connectivity index (χ0) is 13.1. The summed E-state index contributed by atoms with van der Waals surface area (Å²) in [5, 5.41) is 14.7. The van der Waals surface area contributed by atoms with E-state index >= 15 is 0 Å². The highest BCUT2D eigenvalue weighted by Gasteiger charge is 2.41. The number of hydrogen-bond donors (Lipinski definition) is 2. The van der Waals surface area contributed by atoms with Crippen molar-refractivity contribution in [3.8, 4) is 0 Å². The van der Waals surface area contributed by atoms with Gasteiger partial charge in [-0.1, -0.05) is 0 Å². The van der Waals surface area contributed by atoms with Gasteiger partial charge < -0.3 is 10.4 Å². The number of aryl methyl sites for hydroxylation is 1. The van der Waals surface area contributed by atoms with E-state index in [4.69, 9.17) is 5.11 Å². The Morgan fingerprint density at radius 1 is 1.50 bits per heavy atom. The second-order valence-electron chi connectivity index (χ2n) is 4.53. The molecule has 5 nitrogen and oxygen atoms in total. The molecule has 1 aliphatic carbocycles. The summed E-state index contributed by atoms with van der Waals surface area (Å²) in [4.78, 5) is 26.9. The molecule has 18 heavy (non-hydrogen) atoms. The Hall–Kier alpha value is -1.43. The second-order valence-corrected chi connectivity index (χ2v) is 5.59. The SMILES string of the molecule is Cc1nc(CCNC(=O)C2CCC2C(=O)O)cs1. The summed E-state index contributed by atoms with van der Waals surface area (Å²) >= 11 is 1.59. The number of thiazole rings is 1. The number of aromatic nitrogens is 1. The molecule has 2 atom stereocenters. The van der Waals surface area contributed by atoms with Gasteiger partial charge in [0, 0.05) is 18.3 Å². The molecule has 0 saturated heterocycles. The van der Waals surface area contributed by atoms with Gasteiger partial charge in [0.25, 0.3) is 0 Å². The summed E-state index contributed by atoms with van der Waals surface area (Å²) in [5.41, 5.74) is 0.973. The number of carboxylic acid groups (broad SMARTS) is 1. The van der Waals surface area contributed by atoms with E-state index in [1.165, 1.54) is 0 Å². The van der Waals surface area contributed by atoms with Gasteiger partial charge in [-0.05, 0) is 19.8 Å². The van der Waals surface area contributed by atoms with Crippen molar-refractivity contribution in [2.75, 3.05) is 6.54 Å². The van der Waals surface area contributed by atoms with Crippen molar-refractivity contribution in [1.82, 2.24) is 10.3 Å². The van der Waals surface area contributed by atoms with E-state index in [9.17, 15) is 9.59 Å². The van der Waals surface area contributed by atoms with E-state index in [0.29, 0.717) is 25.8 Å². The van der Waals surface area contributed by atoms with Crippen LogP contribution in [0.25, 0.3) is 0 Å². The van der Waals surface area contributed by atoms with Crippen LogP contribution in [0.3, 0.4) is 0 Å². The zero-order valence-corrected chi connectivity index (χ0v) is 11.0. The largest absolute Gasteiger partial charge is 0.481 e. The first-order chi connectivity index (χ1) is 8.58. The van der Waals surface area contributed by atoms with Crippen LogP contribution in [0.15, 0.2) is 5.38 Å². The van der Waals surface area contributed by atoms with Gasteiger partial charge in [-0.15, -0.1) is 11.3 Å². The fourth-order valence-corrected chi connectivity index (χ4v) is 2.72. The number of nitrogens with zero attached hydrogens (tertiary/aromatic N) is 1. The molecule has 1 fully saturated rings. The summed E-state index contributed by atoms with van der Waals surface area (Å²) in [6.45, 7) is 2.46. The van der Waals surface area contributed by atoms with Crippen LogP contribution >= 0.6 is 11.3 Å². The van der Waals surface area contributed by atoms with E-state index in [-0.39, 0.29) is 11.8 Å². The standard InChI is InChI=1S/C12H16N2O3S/c1-7-14-8(6-18-7)4-5-13-11(15)9-2-3-10(9)12(16)17/h6,9-10H,2-5H2,1H3,(H,13,15)(H,16,17). The van der Waals surface area contributed by atoms with Gasteiger partial charge in [0.15, 0.2) is 0 Å². The van der Waals surface area contributed by atoms with Gasteiger partial charge in [0.05, 0.1) is 22.5 Å². The fourth-order valence-electron chi connectivity index (χ4n) is 2.08. The number of carbonyl (C=O) groups excluding carboxylic acids is 1. The fraction of sp³-hybridized carbons (Fsp3) is 0.583. The second kappa shape index (κ2) is 5.48. The summed E-state index contributed by atoms with van der Waals surface area (Å²) in [6, 6.07) is 0. The Labute approximate surface area is 109 Å². The van der Waals surface area contributed by atoms with E-state index < -0.39 is 11.9 Å². The number of hydrogen-bond acceptors (Lipinski definition) is 4. The summed E-state index contributed by atoms with van der Waals surface area (Å²) in [6.07, 6.45) is 1.98. The minimum Gasteiger partial charge on any atom is -0.481 e. The maximum absolute atomic E-state index is 11.7. The molecule has 2 N–H and O–H groups in total.